The van der Waals surface area contributed by atoms with Crippen LogP contribution in [0.15, 0.2) is 0 Å². The van der Waals surface area contributed by atoms with Crippen LogP contribution in [0.5, 0.6) is 0 Å². The van der Waals surface area contributed by atoms with Crippen molar-refractivity contribution >= 4 is 0 Å². The van der Waals surface area contributed by atoms with Crippen molar-refractivity contribution in [1.82, 2.24) is 4.90 Å². The first-order valence-electron chi connectivity index (χ1n) is 8.15. The number of nitrogens with zero attached hydrogens (tertiary/aromatic N) is 1. The number of nitrogens with two attached hydrogens (primary N) is 1. The molecule has 0 aromatic carbocycles. The average Bonchev–Trinajstić information content (AvgIpc) is 2.48. The Bertz CT molecular complexity index is 311. The molecule has 0 amide bonds. The SMILES string of the molecule is CCC1(C)CC(CN)(N2CCCC(COC)C2)CCO1. The molecule has 0 saturated carbocycles. The van der Waals surface area contributed by atoms with Gasteiger partial charge in [0.2, 0.25) is 0 Å². The number of methoxy groups -OCH3 is 1. The van der Waals surface area contributed by atoms with E-state index in [1.165, 1.54) is 19.4 Å². The fourth-order valence-electron chi connectivity index (χ4n) is 3.99. The van der Waals surface area contributed by atoms with Crippen LogP contribution in [0.25, 0.3) is 0 Å². The maximum Gasteiger partial charge on any atom is 0.0670 e. The summed E-state index contributed by atoms with van der Waals surface area (Å²) in [5, 5.41) is 0. The Morgan fingerprint density at radius 2 is 2.25 bits per heavy atom. The van der Waals surface area contributed by atoms with Crippen molar-refractivity contribution in [3.63, 3.8) is 0 Å². The molecule has 0 radical (unpaired) electrons. The predicted molar refractivity (Wildman–Crippen MR) is 81.8 cm³/mol. The Balaban J connectivity index is 2.09. The number of hydrogen-bond acceptors (Lipinski definition) is 4. The zero-order chi connectivity index (χ0) is 14.6. The molecule has 118 valence electrons. The Morgan fingerprint density at radius 1 is 1.45 bits per heavy atom. The molecule has 2 rings (SSSR count). The van der Waals surface area contributed by atoms with E-state index in [1.54, 1.807) is 7.11 Å². The van der Waals surface area contributed by atoms with Crippen LogP contribution in [0.4, 0.5) is 0 Å². The van der Waals surface area contributed by atoms with E-state index in [2.05, 4.69) is 18.7 Å². The van der Waals surface area contributed by atoms with Gasteiger partial charge in [-0.2, -0.15) is 0 Å². The van der Waals surface area contributed by atoms with Crippen molar-refractivity contribution in [3.8, 4) is 0 Å². The van der Waals surface area contributed by atoms with Crippen LogP contribution in [0.3, 0.4) is 0 Å². The van der Waals surface area contributed by atoms with Crippen molar-refractivity contribution in [2.75, 3.05) is 40.0 Å². The predicted octanol–water partition coefficient (Wildman–Crippen LogP) is 2.02. The Kier molecular flexibility index (Phi) is 5.46. The van der Waals surface area contributed by atoms with Gasteiger partial charge in [0.05, 0.1) is 12.2 Å². The summed E-state index contributed by atoms with van der Waals surface area (Å²) in [6.45, 7) is 9.23. The Morgan fingerprint density at radius 3 is 2.90 bits per heavy atom. The molecule has 0 aliphatic carbocycles. The largest absolute Gasteiger partial charge is 0.384 e. The molecule has 2 aliphatic rings. The van der Waals surface area contributed by atoms with Gasteiger partial charge in [0.1, 0.15) is 0 Å². The van der Waals surface area contributed by atoms with Gasteiger partial charge in [0, 0.05) is 32.3 Å². The number of hydrogen-bond donors (Lipinski definition) is 1. The summed E-state index contributed by atoms with van der Waals surface area (Å²) in [4.78, 5) is 2.65. The minimum absolute atomic E-state index is 0.00811. The maximum atomic E-state index is 6.24. The third-order valence-electron chi connectivity index (χ3n) is 5.44. The van der Waals surface area contributed by atoms with Crippen molar-refractivity contribution in [1.29, 1.82) is 0 Å². The molecular weight excluding hydrogens is 252 g/mol. The fourth-order valence-corrected chi connectivity index (χ4v) is 3.99. The molecule has 4 nitrogen and oxygen atoms in total. The van der Waals surface area contributed by atoms with E-state index in [0.29, 0.717) is 5.92 Å². The monoisotopic (exact) mass is 284 g/mol. The summed E-state index contributed by atoms with van der Waals surface area (Å²) in [5.41, 5.74) is 6.36. The van der Waals surface area contributed by atoms with Crippen molar-refractivity contribution in [2.24, 2.45) is 11.7 Å². The zero-order valence-electron chi connectivity index (χ0n) is 13.5. The van der Waals surface area contributed by atoms with Gasteiger partial charge in [-0.1, -0.05) is 6.92 Å². The molecule has 3 atom stereocenters. The first-order chi connectivity index (χ1) is 9.57. The van der Waals surface area contributed by atoms with E-state index >= 15 is 0 Å². The van der Waals surface area contributed by atoms with Crippen LogP contribution in [-0.2, 0) is 9.47 Å². The third kappa shape index (κ3) is 3.35. The van der Waals surface area contributed by atoms with Crippen LogP contribution in [-0.4, -0.2) is 56.0 Å². The van der Waals surface area contributed by atoms with Crippen LogP contribution < -0.4 is 5.73 Å². The highest BCUT2D eigenvalue weighted by Crippen LogP contribution is 2.39. The van der Waals surface area contributed by atoms with Gasteiger partial charge in [-0.25, -0.2) is 0 Å². The second kappa shape index (κ2) is 6.73. The number of likely N-dealkylation sites (tertiary alicyclic amines) is 1. The number of piperidine rings is 1. The van der Waals surface area contributed by atoms with Gasteiger partial charge >= 0.3 is 0 Å². The van der Waals surface area contributed by atoms with Gasteiger partial charge < -0.3 is 15.2 Å². The second-order valence-corrected chi connectivity index (χ2v) is 6.92. The molecule has 0 bridgehead atoms. The van der Waals surface area contributed by atoms with E-state index in [4.69, 9.17) is 15.2 Å². The van der Waals surface area contributed by atoms with Crippen LogP contribution in [0.1, 0.15) is 46.0 Å². The average molecular weight is 284 g/mol. The topological polar surface area (TPSA) is 47.7 Å². The van der Waals surface area contributed by atoms with Crippen LogP contribution >= 0.6 is 0 Å². The first-order valence-corrected chi connectivity index (χ1v) is 8.15. The van der Waals surface area contributed by atoms with E-state index in [9.17, 15) is 0 Å². The quantitative estimate of drug-likeness (QED) is 0.839. The summed E-state index contributed by atoms with van der Waals surface area (Å²) >= 11 is 0. The standard InChI is InChI=1S/C16H32N2O2/c1-4-15(2)12-16(13-17,7-9-20-15)18-8-5-6-14(10-18)11-19-3/h14H,4-13,17H2,1-3H3. The summed E-state index contributed by atoms with van der Waals surface area (Å²) < 4.78 is 11.4. The lowest BCUT2D eigenvalue weighted by Gasteiger charge is -2.53. The summed E-state index contributed by atoms with van der Waals surface area (Å²) in [6, 6.07) is 0. The van der Waals surface area contributed by atoms with Crippen molar-refractivity contribution < 1.29 is 9.47 Å². The number of ether oxygens (including phenoxy) is 2. The van der Waals surface area contributed by atoms with E-state index in [1.807, 2.05) is 0 Å². The molecule has 2 saturated heterocycles. The molecule has 4 heteroatoms. The van der Waals surface area contributed by atoms with Gasteiger partial charge in [-0.15, -0.1) is 0 Å². The second-order valence-electron chi connectivity index (χ2n) is 6.92. The Labute approximate surface area is 124 Å². The maximum absolute atomic E-state index is 6.24. The molecule has 0 spiro atoms. The highest BCUT2D eigenvalue weighted by Gasteiger charge is 2.46. The minimum Gasteiger partial charge on any atom is -0.384 e. The summed E-state index contributed by atoms with van der Waals surface area (Å²) in [5.74, 6) is 0.660. The van der Waals surface area contributed by atoms with Crippen molar-refractivity contribution in [2.45, 2.75) is 57.1 Å². The minimum atomic E-state index is -0.00811. The molecule has 2 N–H and O–H groups in total. The first kappa shape index (κ1) is 16.2. The highest BCUT2D eigenvalue weighted by molar-refractivity contribution is 5.01. The lowest BCUT2D eigenvalue weighted by molar-refractivity contribution is -0.136. The summed E-state index contributed by atoms with van der Waals surface area (Å²) in [6.07, 6.45) is 5.74. The normalized spacial score (nSPS) is 39.9. The van der Waals surface area contributed by atoms with E-state index in [0.717, 1.165) is 45.6 Å². The number of rotatable bonds is 5. The molecule has 0 aromatic heterocycles. The van der Waals surface area contributed by atoms with E-state index < -0.39 is 0 Å². The third-order valence-corrected chi connectivity index (χ3v) is 5.44. The highest BCUT2D eigenvalue weighted by atomic mass is 16.5. The Hall–Kier alpha value is -0.160. The lowest BCUT2D eigenvalue weighted by Crippen LogP contribution is -2.63. The molecule has 0 aromatic rings. The molecular formula is C16H32N2O2. The molecule has 20 heavy (non-hydrogen) atoms. The molecule has 3 unspecified atom stereocenters. The van der Waals surface area contributed by atoms with Gasteiger partial charge in [0.25, 0.3) is 0 Å². The van der Waals surface area contributed by atoms with Gasteiger partial charge in [-0.3, -0.25) is 4.90 Å². The summed E-state index contributed by atoms with van der Waals surface area (Å²) in [7, 11) is 1.81. The molecule has 2 aliphatic heterocycles. The van der Waals surface area contributed by atoms with Gasteiger partial charge in [-0.05, 0) is 51.5 Å². The van der Waals surface area contributed by atoms with Crippen molar-refractivity contribution in [3.05, 3.63) is 0 Å². The zero-order valence-corrected chi connectivity index (χ0v) is 13.5. The lowest BCUT2D eigenvalue weighted by atomic mass is 9.76. The van der Waals surface area contributed by atoms with Gasteiger partial charge in [0.15, 0.2) is 0 Å². The van der Waals surface area contributed by atoms with E-state index in [-0.39, 0.29) is 11.1 Å². The fraction of sp³-hybridized carbons (Fsp3) is 1.00. The molecule has 2 heterocycles. The van der Waals surface area contributed by atoms with Crippen LogP contribution in [0, 0.1) is 5.92 Å². The smallest absolute Gasteiger partial charge is 0.0670 e. The van der Waals surface area contributed by atoms with Crippen LogP contribution in [0.2, 0.25) is 0 Å². The molecule has 2 fully saturated rings.